The molecule has 0 fully saturated rings. The maximum atomic E-state index is 12.4. The quantitative estimate of drug-likeness (QED) is 0.604. The van der Waals surface area contributed by atoms with Gasteiger partial charge in [-0.3, -0.25) is 10.1 Å². The molecule has 5 nitrogen and oxygen atoms in total. The second-order valence-electron chi connectivity index (χ2n) is 5.78. The summed E-state index contributed by atoms with van der Waals surface area (Å²) >= 11 is 1.36. The Morgan fingerprint density at radius 3 is 2.72 bits per heavy atom. The summed E-state index contributed by atoms with van der Waals surface area (Å²) in [6.07, 6.45) is 2.05. The Hall–Kier alpha value is -2.99. The van der Waals surface area contributed by atoms with Gasteiger partial charge in [0, 0.05) is 29.2 Å². The van der Waals surface area contributed by atoms with Gasteiger partial charge in [-0.05, 0) is 36.8 Å². The number of anilines is 1. The summed E-state index contributed by atoms with van der Waals surface area (Å²) in [4.78, 5) is 12.4. The lowest BCUT2D eigenvalue weighted by molar-refractivity contribution is 0.102. The van der Waals surface area contributed by atoms with Crippen LogP contribution in [0.4, 0.5) is 5.13 Å². The molecule has 0 spiro atoms. The molecule has 25 heavy (non-hydrogen) atoms. The van der Waals surface area contributed by atoms with Crippen molar-refractivity contribution < 1.29 is 4.79 Å². The zero-order valence-corrected chi connectivity index (χ0v) is 14.5. The van der Waals surface area contributed by atoms with Crippen LogP contribution in [-0.4, -0.2) is 20.7 Å². The van der Waals surface area contributed by atoms with Crippen LogP contribution in [0.3, 0.4) is 0 Å². The van der Waals surface area contributed by atoms with Crippen molar-refractivity contribution in [2.24, 2.45) is 0 Å². The van der Waals surface area contributed by atoms with E-state index >= 15 is 0 Å². The van der Waals surface area contributed by atoms with Crippen molar-refractivity contribution in [3.63, 3.8) is 0 Å². The molecule has 0 bridgehead atoms. The molecule has 4 aromatic rings. The Morgan fingerprint density at radius 2 is 1.96 bits per heavy atom. The Bertz CT molecular complexity index is 1040. The largest absolute Gasteiger partial charge is 0.343 e. The highest BCUT2D eigenvalue weighted by Crippen LogP contribution is 2.21. The van der Waals surface area contributed by atoms with Gasteiger partial charge in [0.15, 0.2) is 0 Å². The molecule has 1 N–H and O–H groups in total. The normalized spacial score (nSPS) is 10.9. The summed E-state index contributed by atoms with van der Waals surface area (Å²) in [5.74, 6) is -0.172. The minimum absolute atomic E-state index is 0.172. The van der Waals surface area contributed by atoms with Crippen LogP contribution >= 0.6 is 11.3 Å². The number of rotatable bonds is 4. The lowest BCUT2D eigenvalue weighted by Gasteiger charge is -2.06. The van der Waals surface area contributed by atoms with Gasteiger partial charge in [0.1, 0.15) is 5.01 Å². The van der Waals surface area contributed by atoms with Crippen LogP contribution in [0.1, 0.15) is 20.9 Å². The second kappa shape index (κ2) is 6.49. The van der Waals surface area contributed by atoms with E-state index in [0.29, 0.717) is 10.7 Å². The first-order valence-corrected chi connectivity index (χ1v) is 8.75. The van der Waals surface area contributed by atoms with Gasteiger partial charge in [0.2, 0.25) is 5.13 Å². The molecule has 1 amide bonds. The van der Waals surface area contributed by atoms with E-state index in [-0.39, 0.29) is 5.91 Å². The molecular formula is C19H16N4OS. The predicted octanol–water partition coefficient (Wildman–Crippen LogP) is 4.10. The topological polar surface area (TPSA) is 59.8 Å². The summed E-state index contributed by atoms with van der Waals surface area (Å²) in [6, 6.07) is 18.1. The minimum Gasteiger partial charge on any atom is -0.343 e. The standard InChI is InChI=1S/C19H16N4OS/c1-13-21-22-19(25-13)20-18(24)16-7-8-17-15(11-16)9-10-23(17)12-14-5-3-2-4-6-14/h2-11H,12H2,1H3,(H,20,22,24). The number of benzene rings is 2. The van der Waals surface area contributed by atoms with Crippen molar-refractivity contribution in [1.82, 2.24) is 14.8 Å². The molecule has 0 saturated carbocycles. The SMILES string of the molecule is Cc1nnc(NC(=O)c2ccc3c(ccn3Cc3ccccc3)c2)s1. The highest BCUT2D eigenvalue weighted by Gasteiger charge is 2.11. The van der Waals surface area contributed by atoms with Crippen LogP contribution in [0.5, 0.6) is 0 Å². The van der Waals surface area contributed by atoms with Crippen LogP contribution in [-0.2, 0) is 6.54 Å². The summed E-state index contributed by atoms with van der Waals surface area (Å²) in [7, 11) is 0. The number of nitrogens with one attached hydrogen (secondary N) is 1. The van der Waals surface area contributed by atoms with E-state index in [9.17, 15) is 4.79 Å². The first kappa shape index (κ1) is 15.5. The highest BCUT2D eigenvalue weighted by atomic mass is 32.1. The first-order chi connectivity index (χ1) is 12.2. The molecule has 0 saturated heterocycles. The molecule has 2 heterocycles. The number of hydrogen-bond acceptors (Lipinski definition) is 4. The molecule has 0 unspecified atom stereocenters. The summed E-state index contributed by atoms with van der Waals surface area (Å²) in [5.41, 5.74) is 2.96. The van der Waals surface area contributed by atoms with Gasteiger partial charge in [-0.25, -0.2) is 0 Å². The fraction of sp³-hybridized carbons (Fsp3) is 0.105. The molecule has 0 atom stereocenters. The van der Waals surface area contributed by atoms with Gasteiger partial charge in [0.25, 0.3) is 5.91 Å². The number of nitrogens with zero attached hydrogens (tertiary/aromatic N) is 3. The van der Waals surface area contributed by atoms with Gasteiger partial charge >= 0.3 is 0 Å². The third-order valence-corrected chi connectivity index (χ3v) is 4.73. The van der Waals surface area contributed by atoms with Crippen molar-refractivity contribution in [2.75, 3.05) is 5.32 Å². The molecule has 0 aliphatic rings. The number of aryl methyl sites for hydroxylation is 1. The van der Waals surface area contributed by atoms with Gasteiger partial charge in [-0.2, -0.15) is 0 Å². The number of amides is 1. The van der Waals surface area contributed by atoms with Gasteiger partial charge in [0.05, 0.1) is 0 Å². The monoisotopic (exact) mass is 348 g/mol. The van der Waals surface area contributed by atoms with Crippen molar-refractivity contribution in [1.29, 1.82) is 0 Å². The van der Waals surface area contributed by atoms with E-state index in [1.165, 1.54) is 16.9 Å². The number of carbonyl (C=O) groups is 1. The van der Waals surface area contributed by atoms with E-state index in [1.807, 2.05) is 55.6 Å². The molecule has 4 rings (SSSR count). The lowest BCUT2D eigenvalue weighted by Crippen LogP contribution is -2.11. The zero-order valence-electron chi connectivity index (χ0n) is 13.6. The highest BCUT2D eigenvalue weighted by molar-refractivity contribution is 7.15. The Kier molecular flexibility index (Phi) is 4.03. The Balaban J connectivity index is 1.57. The van der Waals surface area contributed by atoms with Crippen LogP contribution in [0.2, 0.25) is 0 Å². The molecule has 124 valence electrons. The molecule has 2 aromatic carbocycles. The van der Waals surface area contributed by atoms with E-state index < -0.39 is 0 Å². The average Bonchev–Trinajstić information content (AvgIpc) is 3.22. The molecule has 0 aliphatic carbocycles. The second-order valence-corrected chi connectivity index (χ2v) is 6.96. The molecule has 2 aromatic heterocycles. The third-order valence-electron chi connectivity index (χ3n) is 3.98. The number of hydrogen-bond donors (Lipinski definition) is 1. The number of aromatic nitrogens is 3. The first-order valence-electron chi connectivity index (χ1n) is 7.93. The maximum absolute atomic E-state index is 12.4. The van der Waals surface area contributed by atoms with Crippen LogP contribution in [0.25, 0.3) is 10.9 Å². The van der Waals surface area contributed by atoms with Crippen LogP contribution in [0, 0.1) is 6.92 Å². The van der Waals surface area contributed by atoms with Crippen molar-refractivity contribution in [3.05, 3.63) is 76.9 Å². The fourth-order valence-corrected chi connectivity index (χ4v) is 3.36. The lowest BCUT2D eigenvalue weighted by atomic mass is 10.1. The summed E-state index contributed by atoms with van der Waals surface area (Å²) in [5, 5.41) is 13.0. The zero-order chi connectivity index (χ0) is 17.2. The maximum Gasteiger partial charge on any atom is 0.257 e. The minimum atomic E-state index is -0.172. The van der Waals surface area contributed by atoms with Gasteiger partial charge < -0.3 is 4.57 Å². The summed E-state index contributed by atoms with van der Waals surface area (Å²) < 4.78 is 2.18. The third kappa shape index (κ3) is 3.29. The molecular weight excluding hydrogens is 332 g/mol. The Labute approximate surface area is 149 Å². The van der Waals surface area contributed by atoms with Crippen LogP contribution in [0.15, 0.2) is 60.8 Å². The van der Waals surface area contributed by atoms with Crippen molar-refractivity contribution in [2.45, 2.75) is 13.5 Å². The number of fused-ring (bicyclic) bond motifs is 1. The van der Waals surface area contributed by atoms with E-state index in [2.05, 4.69) is 32.2 Å². The van der Waals surface area contributed by atoms with Gasteiger partial charge in [-0.15, -0.1) is 10.2 Å². The summed E-state index contributed by atoms with van der Waals surface area (Å²) in [6.45, 7) is 2.66. The average molecular weight is 348 g/mol. The van der Waals surface area contributed by atoms with E-state index in [1.54, 1.807) is 0 Å². The molecule has 0 radical (unpaired) electrons. The van der Waals surface area contributed by atoms with E-state index in [4.69, 9.17) is 0 Å². The van der Waals surface area contributed by atoms with E-state index in [0.717, 1.165) is 22.5 Å². The smallest absolute Gasteiger partial charge is 0.257 e. The molecule has 0 aliphatic heterocycles. The molecule has 6 heteroatoms. The number of carbonyl (C=O) groups excluding carboxylic acids is 1. The van der Waals surface area contributed by atoms with Crippen molar-refractivity contribution >= 4 is 33.3 Å². The fourth-order valence-electron chi connectivity index (χ4n) is 2.78. The van der Waals surface area contributed by atoms with Gasteiger partial charge in [-0.1, -0.05) is 41.7 Å². The van der Waals surface area contributed by atoms with Crippen molar-refractivity contribution in [3.8, 4) is 0 Å². The Morgan fingerprint density at radius 1 is 1.12 bits per heavy atom. The predicted molar refractivity (Wildman–Crippen MR) is 100 cm³/mol. The van der Waals surface area contributed by atoms with Crippen LogP contribution < -0.4 is 5.32 Å².